The van der Waals surface area contributed by atoms with Crippen LogP contribution in [-0.2, 0) is 4.79 Å². The van der Waals surface area contributed by atoms with Gasteiger partial charge in [-0.3, -0.25) is 9.69 Å². The molecule has 0 spiro atoms. The maximum atomic E-state index is 11.3. The van der Waals surface area contributed by atoms with Crippen molar-refractivity contribution < 1.29 is 9.90 Å². The highest BCUT2D eigenvalue weighted by Crippen LogP contribution is 2.15. The first-order valence-electron chi connectivity index (χ1n) is 5.00. The minimum atomic E-state index is 0.00486. The van der Waals surface area contributed by atoms with Crippen LogP contribution in [0, 0.1) is 0 Å². The van der Waals surface area contributed by atoms with Crippen LogP contribution in [0.25, 0.3) is 0 Å². The first kappa shape index (κ1) is 11.2. The topological polar surface area (TPSA) is 52.6 Å². The first-order valence-corrected chi connectivity index (χ1v) is 5.00. The highest BCUT2D eigenvalue weighted by atomic mass is 16.3. The van der Waals surface area contributed by atoms with Crippen LogP contribution in [0.15, 0.2) is 12.7 Å². The number of hydrogen-bond donors (Lipinski definition) is 2. The number of amides is 1. The Morgan fingerprint density at radius 2 is 2.50 bits per heavy atom. The van der Waals surface area contributed by atoms with Crippen LogP contribution in [-0.4, -0.2) is 48.2 Å². The second-order valence-corrected chi connectivity index (χ2v) is 3.54. The van der Waals surface area contributed by atoms with E-state index in [2.05, 4.69) is 11.9 Å². The summed E-state index contributed by atoms with van der Waals surface area (Å²) in [5.41, 5.74) is 0. The molecule has 1 aliphatic heterocycles. The average molecular weight is 198 g/mol. The Morgan fingerprint density at radius 3 is 3.14 bits per heavy atom. The van der Waals surface area contributed by atoms with E-state index in [-0.39, 0.29) is 18.6 Å². The summed E-state index contributed by atoms with van der Waals surface area (Å²) < 4.78 is 0. The molecule has 0 saturated carbocycles. The molecule has 1 heterocycles. The minimum absolute atomic E-state index is 0.00486. The Kier molecular flexibility index (Phi) is 4.62. The van der Waals surface area contributed by atoms with Crippen LogP contribution in [0.3, 0.4) is 0 Å². The summed E-state index contributed by atoms with van der Waals surface area (Å²) in [5.74, 6) is 0.00486. The lowest BCUT2D eigenvalue weighted by molar-refractivity contribution is -0.122. The molecule has 0 radical (unpaired) electrons. The highest BCUT2D eigenvalue weighted by molar-refractivity contribution is 5.78. The lowest BCUT2D eigenvalue weighted by Crippen LogP contribution is -2.41. The lowest BCUT2D eigenvalue weighted by Gasteiger charge is -2.21. The van der Waals surface area contributed by atoms with Crippen molar-refractivity contribution in [2.45, 2.75) is 18.9 Å². The van der Waals surface area contributed by atoms with E-state index in [1.165, 1.54) is 0 Å². The smallest absolute Gasteiger partial charge is 0.234 e. The van der Waals surface area contributed by atoms with Crippen molar-refractivity contribution in [1.82, 2.24) is 10.2 Å². The molecule has 2 N–H and O–H groups in total. The van der Waals surface area contributed by atoms with Crippen LogP contribution in [0.1, 0.15) is 12.8 Å². The second-order valence-electron chi connectivity index (χ2n) is 3.54. The van der Waals surface area contributed by atoms with Gasteiger partial charge in [0, 0.05) is 12.6 Å². The standard InChI is InChI=1S/C10H18N2O2/c1-2-5-11-10(14)7-12-6-3-4-9(12)8-13/h2,9,13H,1,3-8H2,(H,11,14)/t9-/m0/s1. The van der Waals surface area contributed by atoms with Crippen LogP contribution >= 0.6 is 0 Å². The van der Waals surface area contributed by atoms with Crippen molar-refractivity contribution in [3.05, 3.63) is 12.7 Å². The Labute approximate surface area is 84.6 Å². The molecular formula is C10H18N2O2. The van der Waals surface area contributed by atoms with Crippen molar-refractivity contribution in [3.8, 4) is 0 Å². The van der Waals surface area contributed by atoms with Crippen molar-refractivity contribution in [1.29, 1.82) is 0 Å². The Balaban J connectivity index is 2.28. The van der Waals surface area contributed by atoms with Gasteiger partial charge in [-0.25, -0.2) is 0 Å². The number of hydrogen-bond acceptors (Lipinski definition) is 3. The second kappa shape index (κ2) is 5.78. The molecule has 1 amide bonds. The largest absolute Gasteiger partial charge is 0.395 e. The van der Waals surface area contributed by atoms with E-state index < -0.39 is 0 Å². The lowest BCUT2D eigenvalue weighted by atomic mass is 10.2. The zero-order chi connectivity index (χ0) is 10.4. The van der Waals surface area contributed by atoms with Gasteiger partial charge in [-0.1, -0.05) is 6.08 Å². The van der Waals surface area contributed by atoms with E-state index in [1.54, 1.807) is 6.08 Å². The normalized spacial score (nSPS) is 22.2. The summed E-state index contributed by atoms with van der Waals surface area (Å²) in [7, 11) is 0. The summed E-state index contributed by atoms with van der Waals surface area (Å²) in [5, 5.41) is 11.8. The fourth-order valence-corrected chi connectivity index (χ4v) is 1.74. The summed E-state index contributed by atoms with van der Waals surface area (Å²) in [6.07, 6.45) is 3.72. The van der Waals surface area contributed by atoms with Crippen molar-refractivity contribution in [3.63, 3.8) is 0 Å². The van der Waals surface area contributed by atoms with Gasteiger partial charge in [-0.2, -0.15) is 0 Å². The Hall–Kier alpha value is -0.870. The number of carbonyl (C=O) groups excluding carboxylic acids is 1. The molecule has 0 aromatic carbocycles. The Bertz CT molecular complexity index is 206. The fraction of sp³-hybridized carbons (Fsp3) is 0.700. The molecule has 0 bridgehead atoms. The van der Waals surface area contributed by atoms with Crippen LogP contribution in [0.4, 0.5) is 0 Å². The van der Waals surface area contributed by atoms with Crippen LogP contribution in [0.5, 0.6) is 0 Å². The summed E-state index contributed by atoms with van der Waals surface area (Å²) in [4.78, 5) is 13.4. The summed E-state index contributed by atoms with van der Waals surface area (Å²) in [6.45, 7) is 5.48. The third kappa shape index (κ3) is 3.12. The third-order valence-electron chi connectivity index (χ3n) is 2.50. The molecule has 80 valence electrons. The van der Waals surface area contributed by atoms with Crippen molar-refractivity contribution in [2.24, 2.45) is 0 Å². The molecule has 1 saturated heterocycles. The Morgan fingerprint density at radius 1 is 1.71 bits per heavy atom. The summed E-state index contributed by atoms with van der Waals surface area (Å²) in [6, 6.07) is 0.171. The molecule has 1 fully saturated rings. The van der Waals surface area contributed by atoms with E-state index >= 15 is 0 Å². The molecule has 0 unspecified atom stereocenters. The van der Waals surface area contributed by atoms with Gasteiger partial charge in [0.1, 0.15) is 0 Å². The van der Waals surface area contributed by atoms with Gasteiger partial charge in [-0.05, 0) is 19.4 Å². The van der Waals surface area contributed by atoms with Crippen molar-refractivity contribution >= 4 is 5.91 Å². The van der Waals surface area contributed by atoms with Crippen LogP contribution in [0.2, 0.25) is 0 Å². The molecule has 1 rings (SSSR count). The monoisotopic (exact) mass is 198 g/mol. The number of rotatable bonds is 5. The minimum Gasteiger partial charge on any atom is -0.395 e. The van der Waals surface area contributed by atoms with Crippen molar-refractivity contribution in [2.75, 3.05) is 26.2 Å². The fourth-order valence-electron chi connectivity index (χ4n) is 1.74. The van der Waals surface area contributed by atoms with E-state index in [9.17, 15) is 4.79 Å². The first-order chi connectivity index (χ1) is 6.77. The summed E-state index contributed by atoms with van der Waals surface area (Å²) >= 11 is 0. The zero-order valence-electron chi connectivity index (χ0n) is 8.41. The van der Waals surface area contributed by atoms with Gasteiger partial charge < -0.3 is 10.4 Å². The molecule has 0 aromatic rings. The number of aliphatic hydroxyl groups excluding tert-OH is 1. The van der Waals surface area contributed by atoms with Gasteiger partial charge in [0.2, 0.25) is 5.91 Å². The maximum Gasteiger partial charge on any atom is 0.234 e. The number of nitrogens with one attached hydrogen (secondary N) is 1. The quantitative estimate of drug-likeness (QED) is 0.599. The molecule has 1 atom stereocenters. The molecule has 4 heteroatoms. The molecule has 4 nitrogen and oxygen atoms in total. The molecule has 14 heavy (non-hydrogen) atoms. The maximum absolute atomic E-state index is 11.3. The number of carbonyl (C=O) groups is 1. The predicted molar refractivity (Wildman–Crippen MR) is 54.9 cm³/mol. The predicted octanol–water partition coefficient (Wildman–Crippen LogP) is -0.255. The van der Waals surface area contributed by atoms with Gasteiger partial charge in [-0.15, -0.1) is 6.58 Å². The third-order valence-corrected chi connectivity index (χ3v) is 2.50. The van der Waals surface area contributed by atoms with E-state index in [0.29, 0.717) is 13.1 Å². The van der Waals surface area contributed by atoms with Gasteiger partial charge in [0.15, 0.2) is 0 Å². The number of aliphatic hydroxyl groups is 1. The van der Waals surface area contributed by atoms with E-state index in [1.807, 2.05) is 4.90 Å². The average Bonchev–Trinajstić information content (AvgIpc) is 2.62. The molecular weight excluding hydrogens is 180 g/mol. The van der Waals surface area contributed by atoms with Crippen LogP contribution < -0.4 is 5.32 Å². The number of likely N-dealkylation sites (tertiary alicyclic amines) is 1. The number of nitrogens with zero attached hydrogens (tertiary/aromatic N) is 1. The molecule has 0 aliphatic carbocycles. The van der Waals surface area contributed by atoms with Gasteiger partial charge in [0.05, 0.1) is 13.2 Å². The zero-order valence-corrected chi connectivity index (χ0v) is 8.41. The van der Waals surface area contributed by atoms with Gasteiger partial charge in [0.25, 0.3) is 0 Å². The van der Waals surface area contributed by atoms with E-state index in [0.717, 1.165) is 19.4 Å². The SMILES string of the molecule is C=CCNC(=O)CN1CCC[C@H]1CO. The highest BCUT2D eigenvalue weighted by Gasteiger charge is 2.24. The molecule has 0 aromatic heterocycles. The molecule has 1 aliphatic rings. The van der Waals surface area contributed by atoms with E-state index in [4.69, 9.17) is 5.11 Å². The van der Waals surface area contributed by atoms with Gasteiger partial charge >= 0.3 is 0 Å².